The van der Waals surface area contributed by atoms with Gasteiger partial charge in [-0.05, 0) is 68.8 Å². The molecule has 0 aromatic heterocycles. The minimum Gasteiger partial charge on any atom is -0.342 e. The van der Waals surface area contributed by atoms with Crippen LogP contribution in [0.5, 0.6) is 0 Å². The molecule has 1 saturated carbocycles. The fraction of sp³-hybridized carbons (Fsp3) is 0.600. The summed E-state index contributed by atoms with van der Waals surface area (Å²) in [5.74, 6) is -1.63. The molecule has 1 spiro atoms. The third-order valence-electron chi connectivity index (χ3n) is 6.46. The molecule has 27 heavy (non-hydrogen) atoms. The average Bonchev–Trinajstić information content (AvgIpc) is 3.36. The van der Waals surface area contributed by atoms with Gasteiger partial charge in [-0.3, -0.25) is 9.59 Å². The first-order valence-corrected chi connectivity index (χ1v) is 9.49. The third-order valence-corrected chi connectivity index (χ3v) is 6.46. The Morgan fingerprint density at radius 3 is 2.44 bits per heavy atom. The summed E-state index contributed by atoms with van der Waals surface area (Å²) in [6.45, 7) is 3.02. The molecule has 1 amide bonds. The van der Waals surface area contributed by atoms with Crippen LogP contribution in [0.15, 0.2) is 18.2 Å². The number of likely N-dealkylation sites (tertiary alicyclic amines) is 1. The van der Waals surface area contributed by atoms with Gasteiger partial charge in [0.2, 0.25) is 5.91 Å². The number of nitrogens with one attached hydrogen (secondary N) is 1. The lowest BCUT2D eigenvalue weighted by Gasteiger charge is -2.33. The highest BCUT2D eigenvalue weighted by molar-refractivity contribution is 5.98. The van der Waals surface area contributed by atoms with Crippen LogP contribution in [0.3, 0.4) is 0 Å². The van der Waals surface area contributed by atoms with E-state index in [1.54, 1.807) is 0 Å². The minimum atomic E-state index is -0.680. The first-order valence-electron chi connectivity index (χ1n) is 9.49. The van der Waals surface area contributed by atoms with Gasteiger partial charge in [-0.25, -0.2) is 8.78 Å². The molecule has 7 heteroatoms. The number of carbonyl (C=O) groups excluding carboxylic acids is 2. The van der Waals surface area contributed by atoms with Gasteiger partial charge in [-0.1, -0.05) is 0 Å². The van der Waals surface area contributed by atoms with E-state index >= 15 is 0 Å². The molecule has 1 aliphatic carbocycles. The van der Waals surface area contributed by atoms with Gasteiger partial charge in [0.05, 0.1) is 5.56 Å². The molecule has 0 bridgehead atoms. The Balaban J connectivity index is 0.00000210. The number of benzene rings is 1. The monoisotopic (exact) mass is 398 g/mol. The van der Waals surface area contributed by atoms with E-state index in [0.29, 0.717) is 25.9 Å². The molecule has 1 unspecified atom stereocenters. The maximum Gasteiger partial charge on any atom is 0.226 e. The summed E-state index contributed by atoms with van der Waals surface area (Å²) < 4.78 is 27.2. The minimum absolute atomic E-state index is 0. The van der Waals surface area contributed by atoms with Crippen LogP contribution in [-0.2, 0) is 4.79 Å². The number of nitrogens with zero attached hydrogens (tertiary/aromatic N) is 1. The number of carbonyl (C=O) groups is 2. The van der Waals surface area contributed by atoms with Crippen LogP contribution in [-0.4, -0.2) is 42.8 Å². The molecule has 2 saturated heterocycles. The zero-order valence-electron chi connectivity index (χ0n) is 15.2. The van der Waals surface area contributed by atoms with Gasteiger partial charge in [0.25, 0.3) is 0 Å². The number of piperidine rings is 2. The van der Waals surface area contributed by atoms with Crippen LogP contribution >= 0.6 is 12.4 Å². The second-order valence-corrected chi connectivity index (χ2v) is 7.96. The number of hydrogen-bond acceptors (Lipinski definition) is 3. The van der Waals surface area contributed by atoms with E-state index in [0.717, 1.165) is 50.6 Å². The predicted octanol–water partition coefficient (Wildman–Crippen LogP) is 3.20. The van der Waals surface area contributed by atoms with Gasteiger partial charge in [-0.2, -0.15) is 0 Å². The predicted molar refractivity (Wildman–Crippen MR) is 99.9 cm³/mol. The van der Waals surface area contributed by atoms with E-state index in [4.69, 9.17) is 0 Å². The van der Waals surface area contributed by atoms with Crippen LogP contribution in [0.25, 0.3) is 0 Å². The lowest BCUT2D eigenvalue weighted by Crippen LogP contribution is -2.42. The molecular formula is C20H25ClF2N2O2. The third kappa shape index (κ3) is 3.87. The summed E-state index contributed by atoms with van der Waals surface area (Å²) >= 11 is 0. The fourth-order valence-corrected chi connectivity index (χ4v) is 4.66. The van der Waals surface area contributed by atoms with Gasteiger partial charge < -0.3 is 10.2 Å². The van der Waals surface area contributed by atoms with Crippen molar-refractivity contribution < 1.29 is 18.4 Å². The van der Waals surface area contributed by atoms with Crippen molar-refractivity contribution in [1.82, 2.24) is 10.2 Å². The average molecular weight is 399 g/mol. The van der Waals surface area contributed by atoms with Crippen LogP contribution < -0.4 is 5.32 Å². The zero-order chi connectivity index (χ0) is 18.3. The van der Waals surface area contributed by atoms with Gasteiger partial charge >= 0.3 is 0 Å². The Morgan fingerprint density at radius 1 is 1.11 bits per heavy atom. The van der Waals surface area contributed by atoms with Crippen LogP contribution in [0.1, 0.15) is 42.5 Å². The first-order chi connectivity index (χ1) is 12.5. The highest BCUT2D eigenvalue weighted by atomic mass is 35.5. The molecule has 1 aromatic carbocycles. The molecule has 1 N–H and O–H groups in total. The lowest BCUT2D eigenvalue weighted by molar-refractivity contribution is -0.134. The van der Waals surface area contributed by atoms with Crippen molar-refractivity contribution in [2.75, 3.05) is 26.2 Å². The number of hydrogen-bond donors (Lipinski definition) is 1. The van der Waals surface area contributed by atoms with E-state index in [-0.39, 0.29) is 46.9 Å². The van der Waals surface area contributed by atoms with Gasteiger partial charge in [0.15, 0.2) is 5.78 Å². The zero-order valence-corrected chi connectivity index (χ0v) is 16.0. The van der Waals surface area contributed by atoms with Crippen LogP contribution in [0.2, 0.25) is 0 Å². The summed E-state index contributed by atoms with van der Waals surface area (Å²) in [7, 11) is 0. The SMILES string of the molecule is Cl.O=C(c1cc(F)ccc1F)C1CCN(C(=O)C2CC23CCNCC3)CC1. The van der Waals surface area contributed by atoms with Crippen molar-refractivity contribution in [2.45, 2.75) is 32.1 Å². The van der Waals surface area contributed by atoms with Crippen molar-refractivity contribution in [3.8, 4) is 0 Å². The Bertz CT molecular complexity index is 729. The van der Waals surface area contributed by atoms with E-state index < -0.39 is 11.6 Å². The molecule has 4 nitrogen and oxygen atoms in total. The lowest BCUT2D eigenvalue weighted by atomic mass is 9.87. The number of ketones is 1. The summed E-state index contributed by atoms with van der Waals surface area (Å²) in [4.78, 5) is 27.2. The van der Waals surface area contributed by atoms with Crippen LogP contribution in [0.4, 0.5) is 8.78 Å². The number of halogens is 3. The van der Waals surface area contributed by atoms with Gasteiger partial charge in [0.1, 0.15) is 11.6 Å². The standard InChI is InChI=1S/C20H24F2N2O2.ClH/c21-14-1-2-17(22)15(11-14)18(25)13-3-9-24(10-4-13)19(26)16-12-20(16)5-7-23-8-6-20;/h1-2,11,13,16,23H,3-10,12H2;1H. The molecule has 1 atom stereocenters. The Morgan fingerprint density at radius 2 is 1.78 bits per heavy atom. The second kappa shape index (κ2) is 7.84. The summed E-state index contributed by atoms with van der Waals surface area (Å²) in [6.07, 6.45) is 4.15. The summed E-state index contributed by atoms with van der Waals surface area (Å²) in [6, 6.07) is 2.98. The van der Waals surface area contributed by atoms with E-state index in [2.05, 4.69) is 5.32 Å². The Labute approximate surface area is 164 Å². The number of Topliss-reactive ketones (excluding diaryl/α,β-unsaturated/α-hetero) is 1. The van der Waals surface area contributed by atoms with E-state index in [9.17, 15) is 18.4 Å². The van der Waals surface area contributed by atoms with Crippen molar-refractivity contribution in [3.63, 3.8) is 0 Å². The first kappa shape index (κ1) is 20.2. The van der Waals surface area contributed by atoms with Gasteiger partial charge in [0, 0.05) is 24.9 Å². The van der Waals surface area contributed by atoms with Crippen molar-refractivity contribution in [3.05, 3.63) is 35.4 Å². The normalized spacial score (nSPS) is 24.4. The quantitative estimate of drug-likeness (QED) is 0.795. The Kier molecular flexibility index (Phi) is 5.87. The summed E-state index contributed by atoms with van der Waals surface area (Å²) in [5.41, 5.74) is 0.0327. The maximum absolute atomic E-state index is 13.8. The molecule has 4 rings (SSSR count). The Hall–Kier alpha value is -1.53. The van der Waals surface area contributed by atoms with Gasteiger partial charge in [-0.15, -0.1) is 12.4 Å². The fourth-order valence-electron chi connectivity index (χ4n) is 4.66. The summed E-state index contributed by atoms with van der Waals surface area (Å²) in [5, 5.41) is 3.34. The molecule has 2 heterocycles. The molecule has 2 aliphatic heterocycles. The molecule has 3 aliphatic rings. The van der Waals surface area contributed by atoms with Crippen molar-refractivity contribution in [2.24, 2.45) is 17.3 Å². The topological polar surface area (TPSA) is 49.4 Å². The number of rotatable bonds is 3. The molecule has 3 fully saturated rings. The highest BCUT2D eigenvalue weighted by Gasteiger charge is 2.58. The van der Waals surface area contributed by atoms with E-state index in [1.807, 2.05) is 4.90 Å². The molecule has 148 valence electrons. The second-order valence-electron chi connectivity index (χ2n) is 7.96. The molecule has 0 radical (unpaired) electrons. The molecular weight excluding hydrogens is 374 g/mol. The van der Waals surface area contributed by atoms with Crippen molar-refractivity contribution >= 4 is 24.1 Å². The highest BCUT2D eigenvalue weighted by Crippen LogP contribution is 2.59. The molecule has 1 aromatic rings. The smallest absolute Gasteiger partial charge is 0.226 e. The largest absolute Gasteiger partial charge is 0.342 e. The maximum atomic E-state index is 13.8. The van der Waals surface area contributed by atoms with Crippen LogP contribution in [0, 0.1) is 28.9 Å². The van der Waals surface area contributed by atoms with E-state index in [1.165, 1.54) is 0 Å². The number of amides is 1. The van der Waals surface area contributed by atoms with Crippen molar-refractivity contribution in [1.29, 1.82) is 0 Å².